The monoisotopic (exact) mass is 249 g/mol. The van der Waals surface area contributed by atoms with Crippen LogP contribution in [0, 0.1) is 0 Å². The van der Waals surface area contributed by atoms with E-state index in [2.05, 4.69) is 0 Å². The van der Waals surface area contributed by atoms with Gasteiger partial charge in [-0.15, -0.1) is 0 Å². The average molecular weight is 249 g/mol. The lowest BCUT2D eigenvalue weighted by Crippen LogP contribution is -2.12. The number of para-hydroxylation sites is 1. The van der Waals surface area contributed by atoms with E-state index in [4.69, 9.17) is 15.2 Å². The Hall–Kier alpha value is -1.52. The first-order chi connectivity index (χ1) is 8.27. The molecule has 0 amide bonds. The average Bonchev–Trinajstić information content (AvgIpc) is 2.90. The fraction of sp³-hybridized carbons (Fsp3) is 0.231. The molecule has 1 aromatic carbocycles. The second kappa shape index (κ2) is 5.21. The summed E-state index contributed by atoms with van der Waals surface area (Å²) >= 11 is 1.63. The van der Waals surface area contributed by atoms with Gasteiger partial charge in [-0.3, -0.25) is 0 Å². The molecular formula is C13H15NO2S. The summed E-state index contributed by atoms with van der Waals surface area (Å²) in [6, 6.07) is 7.58. The number of rotatable bonds is 4. The van der Waals surface area contributed by atoms with Gasteiger partial charge in [-0.25, -0.2) is 0 Å². The molecule has 1 aromatic heterocycles. The van der Waals surface area contributed by atoms with Gasteiger partial charge in [0.25, 0.3) is 0 Å². The minimum atomic E-state index is -0.189. The summed E-state index contributed by atoms with van der Waals surface area (Å²) < 4.78 is 10.7. The third-order valence-corrected chi connectivity index (χ3v) is 3.37. The zero-order valence-corrected chi connectivity index (χ0v) is 10.7. The first-order valence-corrected chi connectivity index (χ1v) is 6.20. The molecule has 90 valence electrons. The van der Waals surface area contributed by atoms with E-state index >= 15 is 0 Å². The maximum absolute atomic E-state index is 6.23. The fourth-order valence-electron chi connectivity index (χ4n) is 1.79. The molecule has 0 aliphatic heterocycles. The van der Waals surface area contributed by atoms with Crippen molar-refractivity contribution in [2.45, 2.75) is 6.04 Å². The predicted octanol–water partition coefficient (Wildman–Crippen LogP) is 2.81. The van der Waals surface area contributed by atoms with Crippen LogP contribution in [0.15, 0.2) is 35.0 Å². The van der Waals surface area contributed by atoms with Gasteiger partial charge in [0.2, 0.25) is 0 Å². The molecule has 0 aliphatic rings. The highest BCUT2D eigenvalue weighted by Crippen LogP contribution is 2.36. The Kier molecular flexibility index (Phi) is 3.66. The summed E-state index contributed by atoms with van der Waals surface area (Å²) in [5, 5.41) is 4.06. The van der Waals surface area contributed by atoms with Crippen molar-refractivity contribution in [3.8, 4) is 11.5 Å². The quantitative estimate of drug-likeness (QED) is 0.906. The predicted molar refractivity (Wildman–Crippen MR) is 69.9 cm³/mol. The SMILES string of the molecule is COc1cccc(C(N)c2ccsc2)c1OC. The van der Waals surface area contributed by atoms with Gasteiger partial charge in [0.1, 0.15) is 0 Å². The molecule has 2 rings (SSSR count). The van der Waals surface area contributed by atoms with Crippen LogP contribution in [-0.4, -0.2) is 14.2 Å². The number of methoxy groups -OCH3 is 2. The van der Waals surface area contributed by atoms with Crippen molar-refractivity contribution in [3.05, 3.63) is 46.2 Å². The zero-order valence-electron chi connectivity index (χ0n) is 9.84. The molecule has 0 aliphatic carbocycles. The van der Waals surface area contributed by atoms with Crippen LogP contribution >= 0.6 is 11.3 Å². The maximum atomic E-state index is 6.23. The van der Waals surface area contributed by atoms with E-state index in [1.54, 1.807) is 25.6 Å². The van der Waals surface area contributed by atoms with E-state index in [0.717, 1.165) is 11.1 Å². The van der Waals surface area contributed by atoms with Crippen LogP contribution in [0.2, 0.25) is 0 Å². The summed E-state index contributed by atoms with van der Waals surface area (Å²) in [4.78, 5) is 0. The molecule has 0 fully saturated rings. The molecule has 2 N–H and O–H groups in total. The lowest BCUT2D eigenvalue weighted by Gasteiger charge is -2.17. The van der Waals surface area contributed by atoms with Gasteiger partial charge < -0.3 is 15.2 Å². The van der Waals surface area contributed by atoms with Crippen molar-refractivity contribution < 1.29 is 9.47 Å². The zero-order chi connectivity index (χ0) is 12.3. The van der Waals surface area contributed by atoms with E-state index in [-0.39, 0.29) is 6.04 Å². The van der Waals surface area contributed by atoms with Gasteiger partial charge >= 0.3 is 0 Å². The van der Waals surface area contributed by atoms with Gasteiger partial charge in [0.15, 0.2) is 11.5 Å². The van der Waals surface area contributed by atoms with Crippen molar-refractivity contribution in [2.24, 2.45) is 5.73 Å². The van der Waals surface area contributed by atoms with Crippen LogP contribution < -0.4 is 15.2 Å². The van der Waals surface area contributed by atoms with Crippen molar-refractivity contribution in [3.63, 3.8) is 0 Å². The third kappa shape index (κ3) is 2.28. The Labute approximate surface area is 105 Å². The Bertz CT molecular complexity index is 482. The van der Waals surface area contributed by atoms with Gasteiger partial charge in [-0.05, 0) is 28.5 Å². The largest absolute Gasteiger partial charge is 0.493 e. The number of benzene rings is 1. The highest BCUT2D eigenvalue weighted by molar-refractivity contribution is 7.08. The molecule has 0 spiro atoms. The number of thiophene rings is 1. The van der Waals surface area contributed by atoms with Crippen LogP contribution in [0.3, 0.4) is 0 Å². The lowest BCUT2D eigenvalue weighted by molar-refractivity contribution is 0.350. The highest BCUT2D eigenvalue weighted by atomic mass is 32.1. The molecule has 1 heterocycles. The molecule has 17 heavy (non-hydrogen) atoms. The number of hydrogen-bond donors (Lipinski definition) is 1. The Morgan fingerprint density at radius 3 is 2.59 bits per heavy atom. The van der Waals surface area contributed by atoms with Crippen LogP contribution in [0.1, 0.15) is 17.2 Å². The fourth-order valence-corrected chi connectivity index (χ4v) is 2.48. The van der Waals surface area contributed by atoms with Crippen molar-refractivity contribution >= 4 is 11.3 Å². The van der Waals surface area contributed by atoms with Gasteiger partial charge in [-0.1, -0.05) is 12.1 Å². The molecule has 1 atom stereocenters. The number of ether oxygens (including phenoxy) is 2. The first kappa shape index (κ1) is 12.0. The molecule has 0 saturated carbocycles. The van der Waals surface area contributed by atoms with Crippen LogP contribution in [0.25, 0.3) is 0 Å². The van der Waals surface area contributed by atoms with Gasteiger partial charge in [-0.2, -0.15) is 11.3 Å². The molecule has 4 heteroatoms. The second-order valence-electron chi connectivity index (χ2n) is 3.62. The molecular weight excluding hydrogens is 234 g/mol. The third-order valence-electron chi connectivity index (χ3n) is 2.67. The summed E-state index contributed by atoms with van der Waals surface area (Å²) in [7, 11) is 3.25. The summed E-state index contributed by atoms with van der Waals surface area (Å²) in [6.07, 6.45) is 0. The number of hydrogen-bond acceptors (Lipinski definition) is 4. The van der Waals surface area contributed by atoms with Crippen molar-refractivity contribution in [1.82, 2.24) is 0 Å². The van der Waals surface area contributed by atoms with E-state index in [1.807, 2.05) is 35.0 Å². The van der Waals surface area contributed by atoms with E-state index in [1.165, 1.54) is 0 Å². The van der Waals surface area contributed by atoms with E-state index < -0.39 is 0 Å². The first-order valence-electron chi connectivity index (χ1n) is 5.26. The van der Waals surface area contributed by atoms with Gasteiger partial charge in [0.05, 0.1) is 20.3 Å². The molecule has 0 bridgehead atoms. The minimum absolute atomic E-state index is 0.189. The van der Waals surface area contributed by atoms with E-state index in [0.29, 0.717) is 11.5 Å². The Morgan fingerprint density at radius 1 is 1.18 bits per heavy atom. The summed E-state index contributed by atoms with van der Waals surface area (Å²) in [5.41, 5.74) is 8.25. The standard InChI is InChI=1S/C13H15NO2S/c1-15-11-5-3-4-10(13(11)16-2)12(14)9-6-7-17-8-9/h3-8,12H,14H2,1-2H3. The van der Waals surface area contributed by atoms with Crippen LogP contribution in [0.5, 0.6) is 11.5 Å². The van der Waals surface area contributed by atoms with Crippen molar-refractivity contribution in [2.75, 3.05) is 14.2 Å². The van der Waals surface area contributed by atoms with Crippen LogP contribution in [-0.2, 0) is 0 Å². The highest BCUT2D eigenvalue weighted by Gasteiger charge is 2.17. The molecule has 2 aromatic rings. The topological polar surface area (TPSA) is 44.5 Å². The Morgan fingerprint density at radius 2 is 2.00 bits per heavy atom. The van der Waals surface area contributed by atoms with Gasteiger partial charge in [0, 0.05) is 5.56 Å². The van der Waals surface area contributed by atoms with Crippen molar-refractivity contribution in [1.29, 1.82) is 0 Å². The second-order valence-corrected chi connectivity index (χ2v) is 4.40. The Balaban J connectivity index is 2.44. The summed E-state index contributed by atoms with van der Waals surface area (Å²) in [6.45, 7) is 0. The minimum Gasteiger partial charge on any atom is -0.493 e. The van der Waals surface area contributed by atoms with Crippen LogP contribution in [0.4, 0.5) is 0 Å². The maximum Gasteiger partial charge on any atom is 0.165 e. The normalized spacial score (nSPS) is 12.2. The number of nitrogens with two attached hydrogens (primary N) is 1. The molecule has 3 nitrogen and oxygen atoms in total. The summed E-state index contributed by atoms with van der Waals surface area (Å²) in [5.74, 6) is 1.41. The molecule has 0 radical (unpaired) electrons. The molecule has 1 unspecified atom stereocenters. The lowest BCUT2D eigenvalue weighted by atomic mass is 10.0. The van der Waals surface area contributed by atoms with E-state index in [9.17, 15) is 0 Å². The molecule has 0 saturated heterocycles. The smallest absolute Gasteiger partial charge is 0.165 e.